The molecule has 2 rings (SSSR count). The molecule has 18 heavy (non-hydrogen) atoms. The van der Waals surface area contributed by atoms with E-state index in [1.807, 2.05) is 14.0 Å². The first-order chi connectivity index (χ1) is 8.44. The van der Waals surface area contributed by atoms with Gasteiger partial charge >= 0.3 is 0 Å². The molecule has 102 valence electrons. The summed E-state index contributed by atoms with van der Waals surface area (Å²) in [6.07, 6.45) is 0.663. The Morgan fingerprint density at radius 3 is 2.72 bits per heavy atom. The molecule has 7 heteroatoms. The molecule has 2 N–H and O–H groups in total. The SMILES string of the molecule is Cc1nn(C)c(N2CCCS(=O)(=O)CC2)c1CN. The monoisotopic (exact) mass is 272 g/mol. The number of nitrogens with zero attached hydrogens (tertiary/aromatic N) is 3. The zero-order chi connectivity index (χ0) is 13.3. The van der Waals surface area contributed by atoms with Crippen molar-refractivity contribution in [2.45, 2.75) is 19.9 Å². The third-order valence-corrected chi connectivity index (χ3v) is 5.09. The summed E-state index contributed by atoms with van der Waals surface area (Å²) in [5.41, 5.74) is 7.70. The minimum atomic E-state index is -2.89. The highest BCUT2D eigenvalue weighted by atomic mass is 32.2. The van der Waals surface area contributed by atoms with Crippen LogP contribution in [0.15, 0.2) is 0 Å². The van der Waals surface area contributed by atoms with E-state index in [9.17, 15) is 8.42 Å². The molecule has 1 aromatic heterocycles. The van der Waals surface area contributed by atoms with Crippen LogP contribution in [0.1, 0.15) is 17.7 Å². The summed E-state index contributed by atoms with van der Waals surface area (Å²) in [6.45, 7) is 3.62. The molecule has 0 radical (unpaired) electrons. The highest BCUT2D eigenvalue weighted by molar-refractivity contribution is 7.91. The predicted molar refractivity (Wildman–Crippen MR) is 71.3 cm³/mol. The quantitative estimate of drug-likeness (QED) is 0.807. The average Bonchev–Trinajstić information content (AvgIpc) is 2.45. The number of hydrogen-bond acceptors (Lipinski definition) is 5. The Bertz CT molecular complexity index is 535. The van der Waals surface area contributed by atoms with E-state index < -0.39 is 9.84 Å². The molecule has 0 unspecified atom stereocenters. The van der Waals surface area contributed by atoms with E-state index in [-0.39, 0.29) is 11.5 Å². The predicted octanol–water partition coefficient (Wildman–Crippen LogP) is -0.188. The number of sulfone groups is 1. The minimum Gasteiger partial charge on any atom is -0.356 e. The van der Waals surface area contributed by atoms with Crippen molar-refractivity contribution in [1.82, 2.24) is 9.78 Å². The molecule has 0 atom stereocenters. The number of hydrogen-bond donors (Lipinski definition) is 1. The Kier molecular flexibility index (Phi) is 3.63. The average molecular weight is 272 g/mol. The molecule has 0 spiro atoms. The second-order valence-electron chi connectivity index (χ2n) is 4.71. The van der Waals surface area contributed by atoms with Crippen LogP contribution in [0.5, 0.6) is 0 Å². The van der Waals surface area contributed by atoms with Crippen LogP contribution in [0.2, 0.25) is 0 Å². The summed E-state index contributed by atoms with van der Waals surface area (Å²) in [7, 11) is -1.01. The van der Waals surface area contributed by atoms with E-state index in [1.54, 1.807) is 4.68 Å². The zero-order valence-electron chi connectivity index (χ0n) is 10.9. The molecule has 0 saturated carbocycles. The molecular formula is C11H20N4O2S. The number of aromatic nitrogens is 2. The highest BCUT2D eigenvalue weighted by Gasteiger charge is 2.23. The lowest BCUT2D eigenvalue weighted by molar-refractivity contribution is 0.597. The van der Waals surface area contributed by atoms with Gasteiger partial charge in [0, 0.05) is 32.2 Å². The highest BCUT2D eigenvalue weighted by Crippen LogP contribution is 2.24. The van der Waals surface area contributed by atoms with Gasteiger partial charge in [-0.2, -0.15) is 5.10 Å². The maximum atomic E-state index is 11.6. The van der Waals surface area contributed by atoms with Gasteiger partial charge in [0.25, 0.3) is 0 Å². The van der Waals surface area contributed by atoms with Crippen LogP contribution in [0.25, 0.3) is 0 Å². The molecule has 0 bridgehead atoms. The van der Waals surface area contributed by atoms with Crippen LogP contribution >= 0.6 is 0 Å². The second-order valence-corrected chi connectivity index (χ2v) is 7.01. The lowest BCUT2D eigenvalue weighted by Crippen LogP contribution is -2.29. The van der Waals surface area contributed by atoms with Gasteiger partial charge in [-0.3, -0.25) is 4.68 Å². The minimum absolute atomic E-state index is 0.210. The van der Waals surface area contributed by atoms with Gasteiger partial charge in [0.2, 0.25) is 0 Å². The molecule has 6 nitrogen and oxygen atoms in total. The van der Waals surface area contributed by atoms with E-state index in [0.717, 1.165) is 23.6 Å². The van der Waals surface area contributed by atoms with Gasteiger partial charge in [0.1, 0.15) is 5.82 Å². The van der Waals surface area contributed by atoms with E-state index >= 15 is 0 Å². The van der Waals surface area contributed by atoms with Gasteiger partial charge in [-0.05, 0) is 13.3 Å². The van der Waals surface area contributed by atoms with Crippen LogP contribution in [-0.2, 0) is 23.4 Å². The van der Waals surface area contributed by atoms with Gasteiger partial charge in [-0.25, -0.2) is 8.42 Å². The fourth-order valence-electron chi connectivity index (χ4n) is 2.47. The molecule has 0 aliphatic carbocycles. The number of anilines is 1. The number of aryl methyl sites for hydroxylation is 2. The van der Waals surface area contributed by atoms with Gasteiger partial charge in [0.05, 0.1) is 17.2 Å². The zero-order valence-corrected chi connectivity index (χ0v) is 11.7. The van der Waals surface area contributed by atoms with E-state index in [0.29, 0.717) is 19.5 Å². The Hall–Kier alpha value is -1.08. The normalized spacial score (nSPS) is 19.8. The largest absolute Gasteiger partial charge is 0.356 e. The number of nitrogens with two attached hydrogens (primary N) is 1. The topological polar surface area (TPSA) is 81.2 Å². The first kappa shape index (κ1) is 13.4. The fraction of sp³-hybridized carbons (Fsp3) is 0.727. The van der Waals surface area contributed by atoms with Gasteiger partial charge in [-0.1, -0.05) is 0 Å². The van der Waals surface area contributed by atoms with Crippen LogP contribution in [-0.4, -0.2) is 42.8 Å². The van der Waals surface area contributed by atoms with Crippen molar-refractivity contribution in [3.8, 4) is 0 Å². The van der Waals surface area contributed by atoms with E-state index in [1.165, 1.54) is 0 Å². The molecule has 1 aromatic rings. The van der Waals surface area contributed by atoms with Crippen LogP contribution in [0.3, 0.4) is 0 Å². The van der Waals surface area contributed by atoms with Crippen molar-refractivity contribution in [2.75, 3.05) is 29.5 Å². The van der Waals surface area contributed by atoms with E-state index in [4.69, 9.17) is 5.73 Å². The maximum absolute atomic E-state index is 11.6. The Morgan fingerprint density at radius 1 is 1.33 bits per heavy atom. The first-order valence-corrected chi connectivity index (χ1v) is 7.94. The van der Waals surface area contributed by atoms with Crippen molar-refractivity contribution < 1.29 is 8.42 Å². The van der Waals surface area contributed by atoms with Crippen molar-refractivity contribution in [1.29, 1.82) is 0 Å². The third kappa shape index (κ3) is 2.51. The molecule has 1 aliphatic heterocycles. The molecule has 0 amide bonds. The summed E-state index contributed by atoms with van der Waals surface area (Å²) in [5.74, 6) is 1.45. The van der Waals surface area contributed by atoms with E-state index in [2.05, 4.69) is 10.00 Å². The summed E-state index contributed by atoms with van der Waals surface area (Å²) in [4.78, 5) is 2.09. The van der Waals surface area contributed by atoms with Gasteiger partial charge in [-0.15, -0.1) is 0 Å². The lowest BCUT2D eigenvalue weighted by atomic mass is 10.2. The summed E-state index contributed by atoms with van der Waals surface area (Å²) < 4.78 is 25.0. The Morgan fingerprint density at radius 2 is 2.06 bits per heavy atom. The number of rotatable bonds is 2. The third-order valence-electron chi connectivity index (χ3n) is 3.37. The molecule has 0 aromatic carbocycles. The van der Waals surface area contributed by atoms with Crippen molar-refractivity contribution in [2.24, 2.45) is 12.8 Å². The van der Waals surface area contributed by atoms with Crippen molar-refractivity contribution >= 4 is 15.7 Å². The first-order valence-electron chi connectivity index (χ1n) is 6.12. The summed E-state index contributed by atoms with van der Waals surface area (Å²) in [6, 6.07) is 0. The summed E-state index contributed by atoms with van der Waals surface area (Å²) in [5, 5.41) is 4.37. The molecular weight excluding hydrogens is 252 g/mol. The van der Waals surface area contributed by atoms with Crippen molar-refractivity contribution in [3.05, 3.63) is 11.3 Å². The van der Waals surface area contributed by atoms with Crippen molar-refractivity contribution in [3.63, 3.8) is 0 Å². The Balaban J connectivity index is 2.32. The Labute approximate surface area is 108 Å². The summed E-state index contributed by atoms with van der Waals surface area (Å²) >= 11 is 0. The van der Waals surface area contributed by atoms with Crippen LogP contribution in [0, 0.1) is 6.92 Å². The molecule has 2 heterocycles. The smallest absolute Gasteiger partial charge is 0.152 e. The lowest BCUT2D eigenvalue weighted by Gasteiger charge is -2.23. The second kappa shape index (κ2) is 4.89. The standard InChI is InChI=1S/C11H20N4O2S/c1-9-10(8-12)11(14(2)13-9)15-4-3-6-18(16,17)7-5-15/h3-8,12H2,1-2H3. The van der Waals surface area contributed by atoms with Gasteiger partial charge < -0.3 is 10.6 Å². The molecule has 1 aliphatic rings. The molecule has 1 saturated heterocycles. The van der Waals surface area contributed by atoms with Crippen LogP contribution < -0.4 is 10.6 Å². The van der Waals surface area contributed by atoms with Gasteiger partial charge in [0.15, 0.2) is 9.84 Å². The maximum Gasteiger partial charge on any atom is 0.152 e. The molecule has 1 fully saturated rings. The fourth-order valence-corrected chi connectivity index (χ4v) is 3.75. The van der Waals surface area contributed by atoms with Crippen LogP contribution in [0.4, 0.5) is 5.82 Å².